The van der Waals surface area contributed by atoms with Crippen molar-refractivity contribution in [3.63, 3.8) is 0 Å². The summed E-state index contributed by atoms with van der Waals surface area (Å²) in [6.07, 6.45) is 95.1. The van der Waals surface area contributed by atoms with Crippen LogP contribution in [0.1, 0.15) is 367 Å². The van der Waals surface area contributed by atoms with E-state index < -0.39 is 6.10 Å². The average molecular weight is 1160 g/mol. The summed E-state index contributed by atoms with van der Waals surface area (Å²) in [5, 5.41) is 0. The van der Waals surface area contributed by atoms with Crippen LogP contribution >= 0.6 is 0 Å². The molecule has 0 bridgehead atoms. The molecule has 0 aliphatic carbocycles. The topological polar surface area (TPSA) is 78.9 Å². The average Bonchev–Trinajstić information content (AvgIpc) is 3.49. The molecule has 0 heterocycles. The number of rotatable bonds is 66. The molecule has 480 valence electrons. The SMILES string of the molecule is CC/C=C\C/C=C\C/C=C\C/C=C\C/C=C\C/C=C\CCC(=O)OC(COC(=O)CCCCCCCCCCCCCCC)COC(=O)CCCCCCCCCCCCCCCCCCCCCCC/C=C\CCCCCCCCCC. The van der Waals surface area contributed by atoms with Gasteiger partial charge in [-0.25, -0.2) is 0 Å². The molecule has 0 saturated heterocycles. The lowest BCUT2D eigenvalue weighted by molar-refractivity contribution is -0.166. The summed E-state index contributed by atoms with van der Waals surface area (Å²) < 4.78 is 16.9. The van der Waals surface area contributed by atoms with E-state index in [1.165, 1.54) is 244 Å². The summed E-state index contributed by atoms with van der Waals surface area (Å²) in [5.41, 5.74) is 0. The molecular weight excluding hydrogens is 1020 g/mol. The number of esters is 3. The highest BCUT2D eigenvalue weighted by molar-refractivity contribution is 5.71. The molecule has 0 aromatic carbocycles. The predicted molar refractivity (Wildman–Crippen MR) is 362 cm³/mol. The molecule has 0 aromatic heterocycles. The van der Waals surface area contributed by atoms with Gasteiger partial charge in [-0.2, -0.15) is 0 Å². The number of allylic oxidation sites excluding steroid dienone is 14. The second kappa shape index (κ2) is 71.1. The van der Waals surface area contributed by atoms with E-state index in [0.717, 1.165) is 77.0 Å². The maximum absolute atomic E-state index is 12.9. The van der Waals surface area contributed by atoms with Gasteiger partial charge >= 0.3 is 17.9 Å². The second-order valence-electron chi connectivity index (χ2n) is 24.1. The van der Waals surface area contributed by atoms with Gasteiger partial charge in [0.15, 0.2) is 6.10 Å². The zero-order valence-corrected chi connectivity index (χ0v) is 55.2. The lowest BCUT2D eigenvalue weighted by Gasteiger charge is -2.18. The van der Waals surface area contributed by atoms with Gasteiger partial charge in [-0.05, 0) is 83.5 Å². The first kappa shape index (κ1) is 79.6. The monoisotopic (exact) mass is 1160 g/mol. The van der Waals surface area contributed by atoms with Gasteiger partial charge in [0.1, 0.15) is 13.2 Å². The molecule has 0 aromatic rings. The van der Waals surface area contributed by atoms with Crippen molar-refractivity contribution in [2.75, 3.05) is 13.2 Å². The molecule has 0 spiro atoms. The van der Waals surface area contributed by atoms with E-state index in [-0.39, 0.29) is 37.5 Å². The van der Waals surface area contributed by atoms with E-state index >= 15 is 0 Å². The van der Waals surface area contributed by atoms with Gasteiger partial charge in [0.05, 0.1) is 0 Å². The first-order chi connectivity index (χ1) is 41.0. The highest BCUT2D eigenvalue weighted by Crippen LogP contribution is 2.18. The maximum Gasteiger partial charge on any atom is 0.306 e. The Balaban J connectivity index is 4.21. The van der Waals surface area contributed by atoms with Crippen molar-refractivity contribution in [3.05, 3.63) is 85.1 Å². The first-order valence-corrected chi connectivity index (χ1v) is 36.1. The minimum Gasteiger partial charge on any atom is -0.462 e. The lowest BCUT2D eigenvalue weighted by Crippen LogP contribution is -2.30. The molecule has 0 N–H and O–H groups in total. The summed E-state index contributed by atoms with van der Waals surface area (Å²) in [7, 11) is 0. The molecule has 0 amide bonds. The standard InChI is InChI=1S/C77H136O6/c1-4-7-10-13-16-19-22-25-27-29-31-32-33-34-35-36-37-38-39-40-41-42-43-44-46-47-49-52-55-58-61-64-67-70-76(79)82-73-74(72-81-75(78)69-66-63-60-57-54-51-24-21-18-15-12-9-6-3)83-77(80)71-68-65-62-59-56-53-50-48-45-30-28-26-23-20-17-14-11-8-5-2/h8,11,17,20,26,28-29,31,45,48,53,56,62,65,74H,4-7,9-10,12-16,18-19,21-25,27,30,32-44,46-47,49-52,54-55,57-61,63-64,66-73H2,1-3H3/b11-8-,20-17-,28-26-,31-29-,48-45-,56-53-,65-62-. The normalized spacial score (nSPS) is 12.6. The molecule has 0 saturated carbocycles. The molecular formula is C77H136O6. The summed E-state index contributed by atoms with van der Waals surface area (Å²) in [5.74, 6) is -0.969. The molecule has 6 nitrogen and oxygen atoms in total. The fourth-order valence-corrected chi connectivity index (χ4v) is 10.5. The summed E-state index contributed by atoms with van der Waals surface area (Å²) in [6, 6.07) is 0. The molecule has 6 heteroatoms. The van der Waals surface area contributed by atoms with Crippen LogP contribution in [0.15, 0.2) is 85.1 Å². The number of hydrogen-bond donors (Lipinski definition) is 0. The van der Waals surface area contributed by atoms with Crippen LogP contribution < -0.4 is 0 Å². The van der Waals surface area contributed by atoms with Crippen LogP contribution in [0.25, 0.3) is 0 Å². The fourth-order valence-electron chi connectivity index (χ4n) is 10.5. The largest absolute Gasteiger partial charge is 0.462 e. The van der Waals surface area contributed by atoms with Gasteiger partial charge in [-0.3, -0.25) is 14.4 Å². The van der Waals surface area contributed by atoms with Crippen LogP contribution in [-0.4, -0.2) is 37.2 Å². The quantitative estimate of drug-likeness (QED) is 0.0261. The van der Waals surface area contributed by atoms with Crippen molar-refractivity contribution in [2.45, 2.75) is 374 Å². The molecule has 0 aliphatic heterocycles. The van der Waals surface area contributed by atoms with E-state index in [1.54, 1.807) is 0 Å². The van der Waals surface area contributed by atoms with Crippen LogP contribution in [-0.2, 0) is 28.6 Å². The Morgan fingerprint density at radius 3 is 0.783 bits per heavy atom. The zero-order valence-electron chi connectivity index (χ0n) is 55.2. The Morgan fingerprint density at radius 2 is 0.494 bits per heavy atom. The number of unbranched alkanes of at least 4 members (excludes halogenated alkanes) is 41. The van der Waals surface area contributed by atoms with E-state index in [0.29, 0.717) is 19.3 Å². The van der Waals surface area contributed by atoms with Crippen molar-refractivity contribution < 1.29 is 28.6 Å². The summed E-state index contributed by atoms with van der Waals surface area (Å²) in [6.45, 7) is 6.51. The van der Waals surface area contributed by atoms with Crippen LogP contribution in [0.3, 0.4) is 0 Å². The molecule has 0 rings (SSSR count). The number of carbonyl (C=O) groups is 3. The Hall–Kier alpha value is -3.41. The molecule has 0 aliphatic rings. The Kier molecular flexibility index (Phi) is 68.2. The van der Waals surface area contributed by atoms with Crippen LogP contribution in [0, 0.1) is 0 Å². The minimum atomic E-state index is -0.816. The Bertz CT molecular complexity index is 1570. The van der Waals surface area contributed by atoms with Crippen molar-refractivity contribution in [2.24, 2.45) is 0 Å². The Labute approximate surface area is 515 Å². The van der Waals surface area contributed by atoms with Crippen LogP contribution in [0.5, 0.6) is 0 Å². The highest BCUT2D eigenvalue weighted by Gasteiger charge is 2.19. The third kappa shape index (κ3) is 69.3. The highest BCUT2D eigenvalue weighted by atomic mass is 16.6. The van der Waals surface area contributed by atoms with Gasteiger partial charge in [0.2, 0.25) is 0 Å². The summed E-state index contributed by atoms with van der Waals surface area (Å²) >= 11 is 0. The van der Waals surface area contributed by atoms with E-state index in [4.69, 9.17) is 14.2 Å². The van der Waals surface area contributed by atoms with Gasteiger partial charge in [-0.1, -0.05) is 350 Å². The number of ether oxygens (including phenoxy) is 3. The van der Waals surface area contributed by atoms with E-state index in [9.17, 15) is 14.4 Å². The third-order valence-electron chi connectivity index (χ3n) is 15.9. The van der Waals surface area contributed by atoms with E-state index in [2.05, 4.69) is 99.8 Å². The van der Waals surface area contributed by atoms with Crippen molar-refractivity contribution in [3.8, 4) is 0 Å². The molecule has 0 radical (unpaired) electrons. The molecule has 1 unspecified atom stereocenters. The third-order valence-corrected chi connectivity index (χ3v) is 15.9. The lowest BCUT2D eigenvalue weighted by atomic mass is 10.0. The minimum absolute atomic E-state index is 0.102. The van der Waals surface area contributed by atoms with Crippen LogP contribution in [0.4, 0.5) is 0 Å². The Morgan fingerprint density at radius 1 is 0.253 bits per heavy atom. The molecule has 1 atom stereocenters. The predicted octanol–water partition coefficient (Wildman–Crippen LogP) is 25.0. The number of carbonyl (C=O) groups excluding carboxylic acids is 3. The van der Waals surface area contributed by atoms with Crippen LogP contribution in [0.2, 0.25) is 0 Å². The smallest absolute Gasteiger partial charge is 0.306 e. The van der Waals surface area contributed by atoms with Gasteiger partial charge in [-0.15, -0.1) is 0 Å². The summed E-state index contributed by atoms with van der Waals surface area (Å²) in [4.78, 5) is 38.3. The second-order valence-corrected chi connectivity index (χ2v) is 24.1. The first-order valence-electron chi connectivity index (χ1n) is 36.1. The van der Waals surface area contributed by atoms with Crippen molar-refractivity contribution in [1.82, 2.24) is 0 Å². The molecule has 0 fully saturated rings. The van der Waals surface area contributed by atoms with E-state index in [1.807, 2.05) is 6.08 Å². The maximum atomic E-state index is 12.9. The van der Waals surface area contributed by atoms with Crippen molar-refractivity contribution in [1.29, 1.82) is 0 Å². The van der Waals surface area contributed by atoms with Gasteiger partial charge in [0.25, 0.3) is 0 Å². The fraction of sp³-hybridized carbons (Fsp3) is 0.779. The molecule has 83 heavy (non-hydrogen) atoms. The zero-order chi connectivity index (χ0) is 59.9. The number of hydrogen-bond acceptors (Lipinski definition) is 6. The van der Waals surface area contributed by atoms with Crippen molar-refractivity contribution >= 4 is 17.9 Å². The van der Waals surface area contributed by atoms with Gasteiger partial charge in [0, 0.05) is 19.3 Å². The van der Waals surface area contributed by atoms with Gasteiger partial charge < -0.3 is 14.2 Å².